The van der Waals surface area contributed by atoms with E-state index in [4.69, 9.17) is 19.3 Å². The minimum atomic E-state index is 0.132. The average molecular weight is 288 g/mol. The number of rotatable bonds is 12. The second-order valence-electron chi connectivity index (χ2n) is 5.72. The molecule has 1 aliphatic carbocycles. The van der Waals surface area contributed by atoms with Crippen LogP contribution in [0.5, 0.6) is 0 Å². The van der Waals surface area contributed by atoms with Gasteiger partial charge in [-0.3, -0.25) is 0 Å². The Kier molecular flexibility index (Phi) is 11.2. The normalized spacial score (nSPS) is 23.1. The van der Waals surface area contributed by atoms with Crippen molar-refractivity contribution in [3.8, 4) is 0 Å². The summed E-state index contributed by atoms with van der Waals surface area (Å²) in [6.45, 7) is 3.30. The first-order valence-corrected chi connectivity index (χ1v) is 8.16. The first-order chi connectivity index (χ1) is 9.86. The van der Waals surface area contributed by atoms with E-state index < -0.39 is 0 Å². The van der Waals surface area contributed by atoms with Crippen LogP contribution in [0.2, 0.25) is 0 Å². The lowest BCUT2D eigenvalue weighted by Crippen LogP contribution is -2.25. The van der Waals surface area contributed by atoms with Gasteiger partial charge in [-0.05, 0) is 44.4 Å². The van der Waals surface area contributed by atoms with E-state index in [1.54, 1.807) is 7.11 Å². The van der Waals surface area contributed by atoms with Gasteiger partial charge in [0.1, 0.15) is 0 Å². The highest BCUT2D eigenvalue weighted by Gasteiger charge is 2.21. The Morgan fingerprint density at radius 1 is 0.900 bits per heavy atom. The molecule has 1 aliphatic rings. The molecule has 0 aromatic heterocycles. The van der Waals surface area contributed by atoms with Crippen molar-refractivity contribution in [2.24, 2.45) is 5.92 Å². The van der Waals surface area contributed by atoms with Crippen molar-refractivity contribution in [1.82, 2.24) is 0 Å². The second kappa shape index (κ2) is 12.6. The van der Waals surface area contributed by atoms with Gasteiger partial charge in [0.05, 0.1) is 19.3 Å². The molecule has 0 unspecified atom stereocenters. The molecule has 0 heterocycles. The minimum absolute atomic E-state index is 0.132. The number of ether oxygens (including phenoxy) is 3. The van der Waals surface area contributed by atoms with E-state index >= 15 is 0 Å². The van der Waals surface area contributed by atoms with Crippen LogP contribution in [0.3, 0.4) is 0 Å². The largest absolute Gasteiger partial charge is 0.394 e. The Labute approximate surface area is 123 Å². The maximum Gasteiger partial charge on any atom is 0.0701 e. The smallest absolute Gasteiger partial charge is 0.0701 e. The van der Waals surface area contributed by atoms with Crippen LogP contribution < -0.4 is 0 Å². The van der Waals surface area contributed by atoms with Crippen molar-refractivity contribution in [3.63, 3.8) is 0 Å². The molecule has 1 fully saturated rings. The lowest BCUT2D eigenvalue weighted by molar-refractivity contribution is -0.0110. The Morgan fingerprint density at radius 3 is 2.25 bits per heavy atom. The first kappa shape index (κ1) is 17.9. The fraction of sp³-hybridized carbons (Fsp3) is 1.00. The maximum atomic E-state index is 8.73. The van der Waals surface area contributed by atoms with Crippen LogP contribution in [-0.2, 0) is 14.2 Å². The predicted molar refractivity (Wildman–Crippen MR) is 79.9 cm³/mol. The van der Waals surface area contributed by atoms with E-state index in [0.29, 0.717) is 18.6 Å². The Morgan fingerprint density at radius 2 is 1.60 bits per heavy atom. The summed E-state index contributed by atoms with van der Waals surface area (Å²) in [5, 5.41) is 8.73. The van der Waals surface area contributed by atoms with E-state index in [-0.39, 0.29) is 6.61 Å². The lowest BCUT2D eigenvalue weighted by atomic mass is 9.88. The van der Waals surface area contributed by atoms with Crippen molar-refractivity contribution >= 4 is 0 Å². The zero-order valence-electron chi connectivity index (χ0n) is 13.0. The highest BCUT2D eigenvalue weighted by atomic mass is 16.5. The van der Waals surface area contributed by atoms with Gasteiger partial charge in [0.15, 0.2) is 0 Å². The standard InChI is InChI=1S/C16H32O4/c1-18-11-4-2-3-5-12-19-14-15-6-8-16(9-7-15)20-13-10-17/h15-17H,2-14H2,1H3. The molecule has 1 N–H and O–H groups in total. The maximum absolute atomic E-state index is 8.73. The summed E-state index contributed by atoms with van der Waals surface area (Å²) in [4.78, 5) is 0. The third kappa shape index (κ3) is 8.90. The van der Waals surface area contributed by atoms with Crippen molar-refractivity contribution in [2.75, 3.05) is 40.1 Å². The van der Waals surface area contributed by atoms with E-state index in [1.807, 2.05) is 0 Å². The van der Waals surface area contributed by atoms with Crippen LogP contribution in [-0.4, -0.2) is 51.4 Å². The van der Waals surface area contributed by atoms with Gasteiger partial charge in [0.2, 0.25) is 0 Å². The number of aliphatic hydroxyl groups is 1. The van der Waals surface area contributed by atoms with Crippen molar-refractivity contribution in [3.05, 3.63) is 0 Å². The van der Waals surface area contributed by atoms with Crippen LogP contribution in [0.4, 0.5) is 0 Å². The molecule has 20 heavy (non-hydrogen) atoms. The fourth-order valence-electron chi connectivity index (χ4n) is 2.74. The molecule has 0 amide bonds. The van der Waals surface area contributed by atoms with E-state index in [2.05, 4.69) is 0 Å². The summed E-state index contributed by atoms with van der Waals surface area (Å²) in [7, 11) is 1.76. The Balaban J connectivity index is 1.86. The quantitative estimate of drug-likeness (QED) is 0.561. The van der Waals surface area contributed by atoms with Gasteiger partial charge in [-0.2, -0.15) is 0 Å². The zero-order chi connectivity index (χ0) is 14.5. The van der Waals surface area contributed by atoms with Crippen LogP contribution in [0.25, 0.3) is 0 Å². The molecule has 0 saturated heterocycles. The molecule has 0 aromatic rings. The van der Waals surface area contributed by atoms with Crippen molar-refractivity contribution in [1.29, 1.82) is 0 Å². The zero-order valence-corrected chi connectivity index (χ0v) is 13.0. The van der Waals surface area contributed by atoms with Gasteiger partial charge < -0.3 is 19.3 Å². The highest BCUT2D eigenvalue weighted by molar-refractivity contribution is 4.72. The van der Waals surface area contributed by atoms with Crippen molar-refractivity contribution < 1.29 is 19.3 Å². The van der Waals surface area contributed by atoms with Crippen LogP contribution in [0.1, 0.15) is 51.4 Å². The summed E-state index contributed by atoms with van der Waals surface area (Å²) in [5.74, 6) is 0.706. The summed E-state index contributed by atoms with van der Waals surface area (Å²) < 4.78 is 16.4. The van der Waals surface area contributed by atoms with Gasteiger partial charge in [-0.1, -0.05) is 12.8 Å². The van der Waals surface area contributed by atoms with Crippen LogP contribution in [0.15, 0.2) is 0 Å². The fourth-order valence-corrected chi connectivity index (χ4v) is 2.74. The summed E-state index contributed by atoms with van der Waals surface area (Å²) in [6.07, 6.45) is 9.80. The third-order valence-electron chi connectivity index (χ3n) is 3.98. The first-order valence-electron chi connectivity index (χ1n) is 8.16. The van der Waals surface area contributed by atoms with E-state index in [1.165, 1.54) is 32.1 Å². The highest BCUT2D eigenvalue weighted by Crippen LogP contribution is 2.26. The molecule has 0 aromatic carbocycles. The number of hydrogen-bond acceptors (Lipinski definition) is 4. The monoisotopic (exact) mass is 288 g/mol. The molecule has 120 valence electrons. The molecule has 4 nitrogen and oxygen atoms in total. The minimum Gasteiger partial charge on any atom is -0.394 e. The van der Waals surface area contributed by atoms with Gasteiger partial charge in [0, 0.05) is 26.9 Å². The average Bonchev–Trinajstić information content (AvgIpc) is 2.49. The number of hydrogen-bond donors (Lipinski definition) is 1. The molecule has 0 radical (unpaired) electrons. The van der Waals surface area contributed by atoms with Crippen LogP contribution >= 0.6 is 0 Å². The molecule has 0 spiro atoms. The second-order valence-corrected chi connectivity index (χ2v) is 5.72. The molecule has 1 saturated carbocycles. The summed E-state index contributed by atoms with van der Waals surface area (Å²) in [5.41, 5.74) is 0. The molecule has 0 bridgehead atoms. The molecule has 0 atom stereocenters. The predicted octanol–water partition coefficient (Wildman–Crippen LogP) is 2.78. The number of unbranched alkanes of at least 4 members (excludes halogenated alkanes) is 3. The van der Waals surface area contributed by atoms with Crippen LogP contribution in [0, 0.1) is 5.92 Å². The number of aliphatic hydroxyl groups excluding tert-OH is 1. The molecule has 0 aliphatic heterocycles. The molecular formula is C16H32O4. The van der Waals surface area contributed by atoms with Gasteiger partial charge in [0.25, 0.3) is 0 Å². The lowest BCUT2D eigenvalue weighted by Gasteiger charge is -2.28. The molecule has 1 rings (SSSR count). The van der Waals surface area contributed by atoms with Gasteiger partial charge in [-0.25, -0.2) is 0 Å². The van der Waals surface area contributed by atoms with E-state index in [0.717, 1.165) is 39.1 Å². The van der Waals surface area contributed by atoms with E-state index in [9.17, 15) is 0 Å². The molecular weight excluding hydrogens is 256 g/mol. The summed E-state index contributed by atoms with van der Waals surface area (Å²) >= 11 is 0. The summed E-state index contributed by atoms with van der Waals surface area (Å²) in [6, 6.07) is 0. The third-order valence-corrected chi connectivity index (χ3v) is 3.98. The SMILES string of the molecule is COCCCCCCOCC1CCC(OCCO)CC1. The topological polar surface area (TPSA) is 47.9 Å². The van der Waals surface area contributed by atoms with Gasteiger partial charge >= 0.3 is 0 Å². The van der Waals surface area contributed by atoms with Gasteiger partial charge in [-0.15, -0.1) is 0 Å². The Bertz CT molecular complexity index is 203. The number of methoxy groups -OCH3 is 1. The molecule has 4 heteroatoms. The van der Waals surface area contributed by atoms with Crippen molar-refractivity contribution in [2.45, 2.75) is 57.5 Å². The Hall–Kier alpha value is -0.160.